The molecule has 4 nitrogen and oxygen atoms in total. The molecule has 1 aromatic heterocycles. The Kier molecular flexibility index (Phi) is 4.30. The summed E-state index contributed by atoms with van der Waals surface area (Å²) in [4.78, 5) is 11.8. The highest BCUT2D eigenvalue weighted by Crippen LogP contribution is 2.19. The summed E-state index contributed by atoms with van der Waals surface area (Å²) in [6, 6.07) is 10.7. The second-order valence-electron chi connectivity index (χ2n) is 5.04. The van der Waals surface area contributed by atoms with Crippen molar-refractivity contribution in [3.63, 3.8) is 0 Å². The molecule has 0 saturated heterocycles. The van der Waals surface area contributed by atoms with Gasteiger partial charge in [0.05, 0.1) is 5.60 Å². The molecule has 0 aliphatic carbocycles. The molecule has 2 aromatic rings. The van der Waals surface area contributed by atoms with Crippen LogP contribution in [0.5, 0.6) is 0 Å². The summed E-state index contributed by atoms with van der Waals surface area (Å²) in [5, 5.41) is 12.6. The number of hydrogen-bond acceptors (Lipinski definition) is 3. The molecule has 0 aliphatic heterocycles. The van der Waals surface area contributed by atoms with Crippen molar-refractivity contribution in [1.29, 1.82) is 0 Å². The Morgan fingerprint density at radius 3 is 2.40 bits per heavy atom. The Morgan fingerprint density at radius 2 is 1.90 bits per heavy atom. The lowest BCUT2D eigenvalue weighted by Gasteiger charge is -2.17. The van der Waals surface area contributed by atoms with Crippen molar-refractivity contribution < 1.29 is 14.3 Å². The van der Waals surface area contributed by atoms with E-state index in [0.29, 0.717) is 11.2 Å². The third-order valence-electron chi connectivity index (χ3n) is 2.91. The molecule has 2 N–H and O–H groups in total. The molecule has 20 heavy (non-hydrogen) atoms. The Hall–Kier alpha value is -1.59. The first-order valence-corrected chi connectivity index (χ1v) is 7.01. The molecule has 0 atom stereocenters. The van der Waals surface area contributed by atoms with Crippen LogP contribution < -0.4 is 5.32 Å². The lowest BCUT2D eigenvalue weighted by Crippen LogP contribution is -2.22. The second kappa shape index (κ2) is 5.81. The predicted molar refractivity (Wildman–Crippen MR) is 79.3 cm³/mol. The first-order chi connectivity index (χ1) is 9.36. The van der Waals surface area contributed by atoms with Gasteiger partial charge in [-0.1, -0.05) is 24.3 Å². The van der Waals surface area contributed by atoms with E-state index in [4.69, 9.17) is 4.42 Å². The first-order valence-electron chi connectivity index (χ1n) is 6.21. The van der Waals surface area contributed by atoms with E-state index in [0.717, 1.165) is 11.1 Å². The van der Waals surface area contributed by atoms with Crippen molar-refractivity contribution in [1.82, 2.24) is 5.32 Å². The number of carbonyl (C=O) groups excluding carboxylic acids is 1. The van der Waals surface area contributed by atoms with Crippen molar-refractivity contribution in [3.8, 4) is 0 Å². The van der Waals surface area contributed by atoms with Crippen LogP contribution in [0.4, 0.5) is 0 Å². The van der Waals surface area contributed by atoms with Gasteiger partial charge in [-0.2, -0.15) is 0 Å². The highest BCUT2D eigenvalue weighted by atomic mass is 79.9. The van der Waals surface area contributed by atoms with Gasteiger partial charge in [-0.05, 0) is 53.0 Å². The molecule has 1 aromatic carbocycles. The standard InChI is InChI=1S/C15H16BrNO3/c1-15(2,19)11-5-3-10(4-6-11)9-17-14(18)12-7-8-13(16)20-12/h3-8,19H,9H2,1-2H3,(H,17,18). The number of halogens is 1. The van der Waals surface area contributed by atoms with E-state index >= 15 is 0 Å². The number of hydrogen-bond donors (Lipinski definition) is 2. The van der Waals surface area contributed by atoms with Gasteiger partial charge >= 0.3 is 0 Å². The molecular formula is C15H16BrNO3. The SMILES string of the molecule is CC(C)(O)c1ccc(CNC(=O)c2ccc(Br)o2)cc1. The van der Waals surface area contributed by atoms with Gasteiger partial charge in [-0.3, -0.25) is 4.79 Å². The molecule has 1 heterocycles. The van der Waals surface area contributed by atoms with Crippen molar-refractivity contribution >= 4 is 21.8 Å². The van der Waals surface area contributed by atoms with Gasteiger partial charge in [0, 0.05) is 6.54 Å². The van der Waals surface area contributed by atoms with E-state index in [1.165, 1.54) is 0 Å². The molecule has 106 valence electrons. The van der Waals surface area contributed by atoms with Crippen LogP contribution in [0.2, 0.25) is 0 Å². The largest absolute Gasteiger partial charge is 0.444 e. The van der Waals surface area contributed by atoms with Crippen LogP contribution in [0.25, 0.3) is 0 Å². The topological polar surface area (TPSA) is 62.5 Å². The number of nitrogens with one attached hydrogen (secondary N) is 1. The summed E-state index contributed by atoms with van der Waals surface area (Å²) in [7, 11) is 0. The molecule has 0 spiro atoms. The van der Waals surface area contributed by atoms with Gasteiger partial charge in [0.2, 0.25) is 0 Å². The minimum atomic E-state index is -0.859. The average Bonchev–Trinajstić information content (AvgIpc) is 2.82. The summed E-state index contributed by atoms with van der Waals surface area (Å²) in [5.41, 5.74) is 0.932. The highest BCUT2D eigenvalue weighted by molar-refractivity contribution is 9.10. The quantitative estimate of drug-likeness (QED) is 0.900. The Bertz CT molecular complexity index is 596. The Balaban J connectivity index is 1.96. The molecule has 0 aliphatic rings. The van der Waals surface area contributed by atoms with Crippen LogP contribution in [0.3, 0.4) is 0 Å². The first kappa shape index (κ1) is 14.8. The van der Waals surface area contributed by atoms with Crippen LogP contribution in [0.1, 0.15) is 35.5 Å². The maximum atomic E-state index is 11.8. The summed E-state index contributed by atoms with van der Waals surface area (Å²) < 4.78 is 5.69. The van der Waals surface area contributed by atoms with E-state index < -0.39 is 5.60 Å². The maximum Gasteiger partial charge on any atom is 0.287 e. The van der Waals surface area contributed by atoms with Crippen LogP contribution in [-0.4, -0.2) is 11.0 Å². The van der Waals surface area contributed by atoms with E-state index in [1.807, 2.05) is 24.3 Å². The summed E-state index contributed by atoms with van der Waals surface area (Å²) in [6.07, 6.45) is 0. The second-order valence-corrected chi connectivity index (χ2v) is 5.82. The number of carbonyl (C=O) groups is 1. The van der Waals surface area contributed by atoms with Crippen molar-refractivity contribution in [2.24, 2.45) is 0 Å². The third kappa shape index (κ3) is 3.71. The lowest BCUT2D eigenvalue weighted by atomic mass is 9.97. The molecule has 0 radical (unpaired) electrons. The molecule has 0 bridgehead atoms. The number of furan rings is 1. The molecule has 2 rings (SSSR count). The number of aliphatic hydroxyl groups is 1. The average molecular weight is 338 g/mol. The van der Waals surface area contributed by atoms with E-state index in [2.05, 4.69) is 21.2 Å². The van der Waals surface area contributed by atoms with Gasteiger partial charge in [-0.15, -0.1) is 0 Å². The van der Waals surface area contributed by atoms with Gasteiger partial charge in [0.15, 0.2) is 10.4 Å². The van der Waals surface area contributed by atoms with Crippen molar-refractivity contribution in [3.05, 3.63) is 58.0 Å². The van der Waals surface area contributed by atoms with Crippen LogP contribution >= 0.6 is 15.9 Å². The predicted octanol–water partition coefficient (Wildman–Crippen LogP) is 3.20. The normalized spacial score (nSPS) is 11.4. The molecule has 0 unspecified atom stereocenters. The van der Waals surface area contributed by atoms with Gasteiger partial charge in [-0.25, -0.2) is 0 Å². The fourth-order valence-corrected chi connectivity index (χ4v) is 2.04. The Labute approximate surface area is 125 Å². The minimum Gasteiger partial charge on any atom is -0.444 e. The van der Waals surface area contributed by atoms with E-state index in [-0.39, 0.29) is 11.7 Å². The summed E-state index contributed by atoms with van der Waals surface area (Å²) in [6.45, 7) is 3.88. The Morgan fingerprint density at radius 1 is 1.25 bits per heavy atom. The van der Waals surface area contributed by atoms with Crippen LogP contribution in [0, 0.1) is 0 Å². The zero-order valence-corrected chi connectivity index (χ0v) is 12.9. The molecule has 5 heteroatoms. The number of benzene rings is 1. The highest BCUT2D eigenvalue weighted by Gasteiger charge is 2.15. The fourth-order valence-electron chi connectivity index (χ4n) is 1.74. The number of rotatable bonds is 4. The third-order valence-corrected chi connectivity index (χ3v) is 3.34. The van der Waals surface area contributed by atoms with Crippen LogP contribution in [-0.2, 0) is 12.1 Å². The van der Waals surface area contributed by atoms with Gasteiger partial charge in [0.25, 0.3) is 5.91 Å². The maximum absolute atomic E-state index is 11.8. The summed E-state index contributed by atoms with van der Waals surface area (Å²) in [5.74, 6) is 0.00671. The van der Waals surface area contributed by atoms with E-state index in [1.54, 1.807) is 26.0 Å². The smallest absolute Gasteiger partial charge is 0.287 e. The molecule has 1 amide bonds. The molecule has 0 saturated carbocycles. The van der Waals surface area contributed by atoms with Crippen molar-refractivity contribution in [2.45, 2.75) is 26.0 Å². The summed E-state index contributed by atoms with van der Waals surface area (Å²) >= 11 is 3.15. The van der Waals surface area contributed by atoms with E-state index in [9.17, 15) is 9.90 Å². The monoisotopic (exact) mass is 337 g/mol. The lowest BCUT2D eigenvalue weighted by molar-refractivity contribution is 0.0785. The number of amides is 1. The zero-order valence-electron chi connectivity index (χ0n) is 11.3. The zero-order chi connectivity index (χ0) is 14.8. The molecular weight excluding hydrogens is 322 g/mol. The molecule has 0 fully saturated rings. The fraction of sp³-hybridized carbons (Fsp3) is 0.267. The minimum absolute atomic E-state index is 0.262. The van der Waals surface area contributed by atoms with Crippen LogP contribution in [0.15, 0.2) is 45.5 Å². The van der Waals surface area contributed by atoms with Gasteiger partial charge < -0.3 is 14.8 Å². The van der Waals surface area contributed by atoms with Gasteiger partial charge in [0.1, 0.15) is 0 Å². The van der Waals surface area contributed by atoms with Crippen molar-refractivity contribution in [2.75, 3.05) is 0 Å².